The summed E-state index contributed by atoms with van der Waals surface area (Å²) in [5, 5.41) is 0.553. The van der Waals surface area contributed by atoms with Gasteiger partial charge in [-0.3, -0.25) is 9.36 Å². The molecule has 0 bridgehead atoms. The van der Waals surface area contributed by atoms with Crippen LogP contribution in [0.5, 0.6) is 0 Å². The number of ether oxygens (including phenoxy) is 1. The second-order valence-corrected chi connectivity index (χ2v) is 7.89. The third-order valence-electron chi connectivity index (χ3n) is 4.67. The fourth-order valence-electron chi connectivity index (χ4n) is 3.09. The molecule has 162 valence electrons. The average molecular weight is 442 g/mol. The molecule has 0 aliphatic rings. The highest BCUT2D eigenvalue weighted by atomic mass is 32.2. The Morgan fingerprint density at radius 1 is 1.13 bits per heavy atom. The van der Waals surface area contributed by atoms with E-state index in [1.54, 1.807) is 21.6 Å². The minimum absolute atomic E-state index is 0.0563. The van der Waals surface area contributed by atoms with Crippen LogP contribution >= 0.6 is 11.8 Å². The van der Waals surface area contributed by atoms with Crippen LogP contribution in [0.2, 0.25) is 0 Å². The first-order valence-electron chi connectivity index (χ1n) is 9.79. The van der Waals surface area contributed by atoms with Crippen LogP contribution in [-0.4, -0.2) is 45.2 Å². The number of aromatic nitrogens is 2. The lowest BCUT2D eigenvalue weighted by atomic mass is 10.2. The Labute approximate surface area is 185 Å². The molecule has 0 radical (unpaired) electrons. The van der Waals surface area contributed by atoms with E-state index in [2.05, 4.69) is 4.98 Å². The number of rotatable bonds is 8. The van der Waals surface area contributed by atoms with E-state index in [1.807, 2.05) is 50.4 Å². The molecular weight excluding hydrogens is 417 g/mol. The zero-order valence-electron chi connectivity index (χ0n) is 17.6. The van der Waals surface area contributed by atoms with Gasteiger partial charge >= 0.3 is 5.97 Å². The molecule has 0 unspecified atom stereocenters. The Kier molecular flexibility index (Phi) is 7.46. The molecule has 0 fully saturated rings. The van der Waals surface area contributed by atoms with Crippen molar-refractivity contribution in [3.63, 3.8) is 0 Å². The zero-order chi connectivity index (χ0) is 22.4. The minimum atomic E-state index is -0.672. The molecule has 1 aromatic heterocycles. The Morgan fingerprint density at radius 2 is 1.81 bits per heavy atom. The summed E-state index contributed by atoms with van der Waals surface area (Å²) in [4.78, 5) is 31.4. The molecule has 0 aliphatic heterocycles. The summed E-state index contributed by atoms with van der Waals surface area (Å²) >= 11 is 1.34. The van der Waals surface area contributed by atoms with Crippen molar-refractivity contribution >= 4 is 23.6 Å². The first-order valence-corrected chi connectivity index (χ1v) is 11.0. The van der Waals surface area contributed by atoms with E-state index < -0.39 is 5.97 Å². The molecule has 3 aromatic rings. The summed E-state index contributed by atoms with van der Waals surface area (Å²) in [6.07, 6.45) is 3.22. The molecule has 8 heteroatoms. The topological polar surface area (TPSA) is 64.4 Å². The van der Waals surface area contributed by atoms with Gasteiger partial charge in [0.15, 0.2) is 17.5 Å². The first-order chi connectivity index (χ1) is 14.9. The molecule has 0 saturated carbocycles. The smallest absolute Gasteiger partial charge is 0.357 e. The molecule has 1 amide bonds. The number of halogens is 1. The number of hydrogen-bond donors (Lipinski definition) is 0. The summed E-state index contributed by atoms with van der Waals surface area (Å²) < 4.78 is 20.2. The van der Waals surface area contributed by atoms with Crippen molar-refractivity contribution in [1.29, 1.82) is 0 Å². The normalized spacial score (nSPS) is 10.9. The van der Waals surface area contributed by atoms with E-state index >= 15 is 0 Å². The molecule has 0 saturated heterocycles. The molecule has 3 rings (SSSR count). The monoisotopic (exact) mass is 441 g/mol. The number of benzene rings is 2. The van der Waals surface area contributed by atoms with E-state index in [1.165, 1.54) is 30.1 Å². The third kappa shape index (κ3) is 5.52. The van der Waals surface area contributed by atoms with E-state index in [0.717, 1.165) is 5.56 Å². The Hall–Kier alpha value is -3.13. The summed E-state index contributed by atoms with van der Waals surface area (Å²) in [6.45, 7) is 3.88. The highest BCUT2D eigenvalue weighted by molar-refractivity contribution is 7.98. The lowest BCUT2D eigenvalue weighted by Gasteiger charge is -2.26. The molecule has 0 spiro atoms. The second-order valence-electron chi connectivity index (χ2n) is 7.12. The van der Waals surface area contributed by atoms with Crippen LogP contribution in [0.1, 0.15) is 29.9 Å². The maximum Gasteiger partial charge on any atom is 0.357 e. The standard InChI is InChI=1S/C23H24FN3O3S/c1-16(2)26(14-17-7-5-4-6-8-17)21(28)15-30-22(29)20-13-25-23(31-3)27(20)19-11-9-18(24)10-12-19/h4-13,16H,14-15H2,1-3H3. The van der Waals surface area contributed by atoms with Gasteiger partial charge in [-0.15, -0.1) is 0 Å². The fourth-order valence-corrected chi connectivity index (χ4v) is 3.63. The number of thioether (sulfide) groups is 1. The minimum Gasteiger partial charge on any atom is -0.451 e. The number of amides is 1. The number of nitrogens with zero attached hydrogens (tertiary/aromatic N) is 3. The van der Waals surface area contributed by atoms with Gasteiger partial charge in [0.2, 0.25) is 0 Å². The maximum atomic E-state index is 13.3. The first kappa shape index (κ1) is 22.6. The molecular formula is C23H24FN3O3S. The van der Waals surface area contributed by atoms with Gasteiger partial charge < -0.3 is 9.64 Å². The zero-order valence-corrected chi connectivity index (χ0v) is 18.4. The van der Waals surface area contributed by atoms with Crippen LogP contribution in [0.15, 0.2) is 66.0 Å². The summed E-state index contributed by atoms with van der Waals surface area (Å²) in [5.74, 6) is -1.34. The molecule has 0 aliphatic carbocycles. The molecule has 2 aromatic carbocycles. The third-order valence-corrected chi connectivity index (χ3v) is 5.33. The fraction of sp³-hybridized carbons (Fsp3) is 0.261. The highest BCUT2D eigenvalue weighted by Crippen LogP contribution is 2.22. The van der Waals surface area contributed by atoms with Crippen molar-refractivity contribution < 1.29 is 18.7 Å². The van der Waals surface area contributed by atoms with Crippen LogP contribution in [0, 0.1) is 5.82 Å². The summed E-state index contributed by atoms with van der Waals surface area (Å²) in [5.41, 5.74) is 1.74. The van der Waals surface area contributed by atoms with E-state index in [9.17, 15) is 14.0 Å². The van der Waals surface area contributed by atoms with Gasteiger partial charge in [0.25, 0.3) is 5.91 Å². The number of esters is 1. The quantitative estimate of drug-likeness (QED) is 0.385. The lowest BCUT2D eigenvalue weighted by Crippen LogP contribution is -2.39. The molecule has 6 nitrogen and oxygen atoms in total. The predicted molar refractivity (Wildman–Crippen MR) is 118 cm³/mol. The lowest BCUT2D eigenvalue weighted by molar-refractivity contribution is -0.136. The average Bonchev–Trinajstić information content (AvgIpc) is 3.21. The van der Waals surface area contributed by atoms with Crippen LogP contribution in [0.3, 0.4) is 0 Å². The van der Waals surface area contributed by atoms with Gasteiger partial charge in [0.1, 0.15) is 5.82 Å². The van der Waals surface area contributed by atoms with E-state index in [4.69, 9.17) is 4.74 Å². The van der Waals surface area contributed by atoms with Crippen molar-refractivity contribution in [2.45, 2.75) is 31.6 Å². The second kappa shape index (κ2) is 10.3. The van der Waals surface area contributed by atoms with Crippen LogP contribution in [0.25, 0.3) is 5.69 Å². The highest BCUT2D eigenvalue weighted by Gasteiger charge is 2.23. The van der Waals surface area contributed by atoms with Gasteiger partial charge in [-0.2, -0.15) is 0 Å². The Morgan fingerprint density at radius 3 is 2.42 bits per heavy atom. The van der Waals surface area contributed by atoms with Gasteiger partial charge in [-0.1, -0.05) is 42.1 Å². The van der Waals surface area contributed by atoms with Crippen molar-refractivity contribution in [1.82, 2.24) is 14.5 Å². The van der Waals surface area contributed by atoms with Crippen molar-refractivity contribution in [3.05, 3.63) is 77.9 Å². The Bertz CT molecular complexity index is 1040. The molecule has 0 atom stereocenters. The largest absolute Gasteiger partial charge is 0.451 e. The van der Waals surface area contributed by atoms with Crippen molar-refractivity contribution in [2.75, 3.05) is 12.9 Å². The Balaban J connectivity index is 1.73. The maximum absolute atomic E-state index is 13.3. The summed E-state index contributed by atoms with van der Waals surface area (Å²) in [6, 6.07) is 15.3. The molecule has 31 heavy (non-hydrogen) atoms. The van der Waals surface area contributed by atoms with Crippen LogP contribution in [-0.2, 0) is 16.1 Å². The van der Waals surface area contributed by atoms with Gasteiger partial charge in [-0.05, 0) is 49.9 Å². The summed E-state index contributed by atoms with van der Waals surface area (Å²) in [7, 11) is 0. The predicted octanol–water partition coefficient (Wildman–Crippen LogP) is 4.33. The molecule has 0 N–H and O–H groups in total. The van der Waals surface area contributed by atoms with Crippen molar-refractivity contribution in [2.24, 2.45) is 0 Å². The van der Waals surface area contributed by atoms with Gasteiger partial charge in [-0.25, -0.2) is 14.2 Å². The number of carbonyl (C=O) groups excluding carboxylic acids is 2. The van der Waals surface area contributed by atoms with Crippen LogP contribution in [0.4, 0.5) is 4.39 Å². The van der Waals surface area contributed by atoms with Crippen molar-refractivity contribution in [3.8, 4) is 5.69 Å². The van der Waals surface area contributed by atoms with E-state index in [0.29, 0.717) is 17.4 Å². The number of hydrogen-bond acceptors (Lipinski definition) is 5. The number of carbonyl (C=O) groups is 2. The number of imidazole rings is 1. The van der Waals surface area contributed by atoms with Gasteiger partial charge in [0.05, 0.1) is 6.20 Å². The SMILES string of the molecule is CSc1ncc(C(=O)OCC(=O)N(Cc2ccccc2)C(C)C)n1-c1ccc(F)cc1. The van der Waals surface area contributed by atoms with Crippen LogP contribution < -0.4 is 0 Å². The molecule has 1 heterocycles. The van der Waals surface area contributed by atoms with Gasteiger partial charge in [0, 0.05) is 18.3 Å². The van der Waals surface area contributed by atoms with E-state index in [-0.39, 0.29) is 30.1 Å².